The summed E-state index contributed by atoms with van der Waals surface area (Å²) in [5.41, 5.74) is 2.70. The Morgan fingerprint density at radius 3 is 2.57 bits per heavy atom. The number of carbonyl (C=O) groups is 1. The van der Waals surface area contributed by atoms with Crippen LogP contribution < -0.4 is 0 Å². The summed E-state index contributed by atoms with van der Waals surface area (Å²) < 4.78 is 13.4. The van der Waals surface area contributed by atoms with Gasteiger partial charge in [0.1, 0.15) is 5.82 Å². The van der Waals surface area contributed by atoms with Crippen LogP contribution in [0.3, 0.4) is 0 Å². The molecule has 2 aromatic carbocycles. The molecule has 0 aliphatic rings. The van der Waals surface area contributed by atoms with Gasteiger partial charge in [-0.15, -0.1) is 0 Å². The summed E-state index contributed by atoms with van der Waals surface area (Å²) >= 11 is 5.64. The first-order valence-corrected chi connectivity index (χ1v) is 7.06. The predicted molar refractivity (Wildman–Crippen MR) is 81.1 cm³/mol. The van der Waals surface area contributed by atoms with Crippen molar-refractivity contribution in [3.63, 3.8) is 0 Å². The molecule has 0 saturated carbocycles. The van der Waals surface area contributed by atoms with E-state index in [1.807, 2.05) is 31.2 Å². The van der Waals surface area contributed by atoms with E-state index >= 15 is 0 Å². The zero-order valence-corrected chi connectivity index (χ0v) is 12.4. The third-order valence-corrected chi connectivity index (χ3v) is 3.85. The molecular weight excluding hydrogens is 291 g/mol. The van der Waals surface area contributed by atoms with Crippen LogP contribution in [0.15, 0.2) is 42.5 Å². The summed E-state index contributed by atoms with van der Waals surface area (Å²) in [5, 5.41) is 9.44. The zero-order chi connectivity index (χ0) is 15.4. The van der Waals surface area contributed by atoms with Crippen LogP contribution in [0.5, 0.6) is 0 Å². The van der Waals surface area contributed by atoms with E-state index in [2.05, 4.69) is 0 Å². The first-order chi connectivity index (χ1) is 9.97. The van der Waals surface area contributed by atoms with Crippen LogP contribution in [0.4, 0.5) is 4.39 Å². The summed E-state index contributed by atoms with van der Waals surface area (Å²) in [4.78, 5) is 11.5. The second-order valence-electron chi connectivity index (χ2n) is 5.12. The fourth-order valence-corrected chi connectivity index (χ4v) is 2.42. The molecule has 0 fully saturated rings. The molecule has 0 aliphatic carbocycles. The van der Waals surface area contributed by atoms with Gasteiger partial charge in [-0.05, 0) is 48.6 Å². The first-order valence-electron chi connectivity index (χ1n) is 6.68. The Kier molecular flexibility index (Phi) is 4.97. The molecular formula is C17H16ClFO2. The molecule has 4 heteroatoms. The van der Waals surface area contributed by atoms with Gasteiger partial charge in [-0.1, -0.05) is 41.9 Å². The first kappa shape index (κ1) is 15.5. The monoisotopic (exact) mass is 306 g/mol. The molecule has 0 bridgehead atoms. The molecule has 1 atom stereocenters. The van der Waals surface area contributed by atoms with Gasteiger partial charge in [0.2, 0.25) is 0 Å². The second kappa shape index (κ2) is 6.72. The van der Waals surface area contributed by atoms with Crippen molar-refractivity contribution >= 4 is 17.6 Å². The average molecular weight is 307 g/mol. The van der Waals surface area contributed by atoms with E-state index in [9.17, 15) is 14.3 Å². The van der Waals surface area contributed by atoms with Gasteiger partial charge in [0.05, 0.1) is 10.9 Å². The summed E-state index contributed by atoms with van der Waals surface area (Å²) in [5.74, 6) is -1.99. The van der Waals surface area contributed by atoms with Crippen LogP contribution in [-0.4, -0.2) is 11.1 Å². The van der Waals surface area contributed by atoms with Gasteiger partial charge < -0.3 is 5.11 Å². The van der Waals surface area contributed by atoms with E-state index in [1.54, 1.807) is 6.07 Å². The van der Waals surface area contributed by atoms with Gasteiger partial charge in [-0.25, -0.2) is 4.39 Å². The number of hydrogen-bond acceptors (Lipinski definition) is 1. The molecule has 0 radical (unpaired) electrons. The maximum atomic E-state index is 13.4. The quantitative estimate of drug-likeness (QED) is 0.895. The number of rotatable bonds is 5. The van der Waals surface area contributed by atoms with Gasteiger partial charge in [-0.2, -0.15) is 0 Å². The highest BCUT2D eigenvalue weighted by Crippen LogP contribution is 2.21. The number of carboxylic acids is 1. The summed E-state index contributed by atoms with van der Waals surface area (Å²) in [6.45, 7) is 1.95. The molecule has 1 N–H and O–H groups in total. The topological polar surface area (TPSA) is 37.3 Å². The molecule has 2 nitrogen and oxygen atoms in total. The second-order valence-corrected chi connectivity index (χ2v) is 5.53. The van der Waals surface area contributed by atoms with Crippen molar-refractivity contribution in [2.75, 3.05) is 0 Å². The Hall–Kier alpha value is -1.87. The number of benzene rings is 2. The maximum absolute atomic E-state index is 13.4. The third-order valence-electron chi connectivity index (χ3n) is 3.54. The van der Waals surface area contributed by atoms with Crippen molar-refractivity contribution in [1.29, 1.82) is 0 Å². The third kappa shape index (κ3) is 4.05. The van der Waals surface area contributed by atoms with Crippen LogP contribution in [0.1, 0.15) is 16.7 Å². The Morgan fingerprint density at radius 1 is 1.24 bits per heavy atom. The molecule has 2 aromatic rings. The minimum absolute atomic E-state index is 0.0459. The Morgan fingerprint density at radius 2 is 1.95 bits per heavy atom. The van der Waals surface area contributed by atoms with E-state index in [0.29, 0.717) is 12.0 Å². The predicted octanol–water partition coefficient (Wildman–Crippen LogP) is 4.27. The molecule has 0 aromatic heterocycles. The lowest BCUT2D eigenvalue weighted by Gasteiger charge is -2.14. The van der Waals surface area contributed by atoms with E-state index in [0.717, 1.165) is 11.1 Å². The fraction of sp³-hybridized carbons (Fsp3) is 0.235. The Bertz CT molecular complexity index is 655. The standard InChI is InChI=1S/C17H16ClFO2/c1-11-4-2-3-5-13(11)10-14(17(20)21)8-12-6-7-15(18)16(19)9-12/h2-7,9,14H,8,10H2,1H3,(H,20,21). The molecule has 0 saturated heterocycles. The van der Waals surface area contributed by atoms with E-state index < -0.39 is 17.7 Å². The Labute approximate surface area is 128 Å². The minimum atomic E-state index is -0.881. The number of carboxylic acid groups (broad SMARTS) is 1. The molecule has 1 unspecified atom stereocenters. The van der Waals surface area contributed by atoms with E-state index in [-0.39, 0.29) is 11.4 Å². The smallest absolute Gasteiger partial charge is 0.307 e. The highest BCUT2D eigenvalue weighted by Gasteiger charge is 2.20. The van der Waals surface area contributed by atoms with Gasteiger partial charge >= 0.3 is 5.97 Å². The van der Waals surface area contributed by atoms with Crippen molar-refractivity contribution in [3.05, 3.63) is 70.0 Å². The molecule has 21 heavy (non-hydrogen) atoms. The maximum Gasteiger partial charge on any atom is 0.307 e. The van der Waals surface area contributed by atoms with Crippen molar-refractivity contribution in [1.82, 2.24) is 0 Å². The molecule has 0 spiro atoms. The zero-order valence-electron chi connectivity index (χ0n) is 11.6. The SMILES string of the molecule is Cc1ccccc1CC(Cc1ccc(Cl)c(F)c1)C(=O)O. The minimum Gasteiger partial charge on any atom is -0.481 e. The van der Waals surface area contributed by atoms with Crippen LogP contribution >= 0.6 is 11.6 Å². The highest BCUT2D eigenvalue weighted by molar-refractivity contribution is 6.30. The van der Waals surface area contributed by atoms with Crippen LogP contribution in [-0.2, 0) is 17.6 Å². The fourth-order valence-electron chi connectivity index (χ4n) is 2.30. The average Bonchev–Trinajstić information content (AvgIpc) is 2.44. The molecule has 2 rings (SSSR count). The van der Waals surface area contributed by atoms with Crippen molar-refractivity contribution in [2.24, 2.45) is 5.92 Å². The molecule has 0 heterocycles. The summed E-state index contributed by atoms with van der Waals surface area (Å²) in [6, 6.07) is 12.1. The Balaban J connectivity index is 2.18. The molecule has 0 aliphatic heterocycles. The van der Waals surface area contributed by atoms with Crippen molar-refractivity contribution < 1.29 is 14.3 Å². The lowest BCUT2D eigenvalue weighted by molar-refractivity contribution is -0.141. The van der Waals surface area contributed by atoms with Crippen LogP contribution in [0.2, 0.25) is 5.02 Å². The number of hydrogen-bond donors (Lipinski definition) is 1. The van der Waals surface area contributed by atoms with Crippen molar-refractivity contribution in [2.45, 2.75) is 19.8 Å². The van der Waals surface area contributed by atoms with Gasteiger partial charge in [0.15, 0.2) is 0 Å². The van der Waals surface area contributed by atoms with Gasteiger partial charge in [0, 0.05) is 0 Å². The lowest BCUT2D eigenvalue weighted by atomic mass is 9.91. The normalized spacial score (nSPS) is 12.1. The van der Waals surface area contributed by atoms with Crippen LogP contribution in [0, 0.1) is 18.7 Å². The largest absolute Gasteiger partial charge is 0.481 e. The molecule has 110 valence electrons. The lowest BCUT2D eigenvalue weighted by Crippen LogP contribution is -2.19. The van der Waals surface area contributed by atoms with E-state index in [1.165, 1.54) is 12.1 Å². The summed E-state index contributed by atoms with van der Waals surface area (Å²) in [7, 11) is 0. The van der Waals surface area contributed by atoms with E-state index in [4.69, 9.17) is 11.6 Å². The van der Waals surface area contributed by atoms with Gasteiger partial charge in [-0.3, -0.25) is 4.79 Å². The number of aliphatic carboxylic acids is 1. The number of halogens is 2. The van der Waals surface area contributed by atoms with Crippen LogP contribution in [0.25, 0.3) is 0 Å². The number of aryl methyl sites for hydroxylation is 1. The highest BCUT2D eigenvalue weighted by atomic mass is 35.5. The molecule has 0 amide bonds. The van der Waals surface area contributed by atoms with Gasteiger partial charge in [0.25, 0.3) is 0 Å². The summed E-state index contributed by atoms with van der Waals surface area (Å²) in [6.07, 6.45) is 0.698. The van der Waals surface area contributed by atoms with Crippen molar-refractivity contribution in [3.8, 4) is 0 Å².